The van der Waals surface area contributed by atoms with Crippen molar-refractivity contribution < 1.29 is 19.0 Å². The van der Waals surface area contributed by atoms with Crippen molar-refractivity contribution in [1.82, 2.24) is 0 Å². The maximum Gasteiger partial charge on any atom is 0.255 e. The molecule has 6 heteroatoms. The van der Waals surface area contributed by atoms with E-state index in [9.17, 15) is 4.79 Å². The van der Waals surface area contributed by atoms with Crippen LogP contribution >= 0.6 is 11.6 Å². The molecule has 27 heavy (non-hydrogen) atoms. The lowest BCUT2D eigenvalue weighted by atomic mass is 10.2. The van der Waals surface area contributed by atoms with Crippen molar-refractivity contribution in [1.29, 1.82) is 0 Å². The summed E-state index contributed by atoms with van der Waals surface area (Å²) in [6.45, 7) is 0. The molecule has 0 fully saturated rings. The number of amides is 1. The van der Waals surface area contributed by atoms with Gasteiger partial charge in [0.2, 0.25) is 0 Å². The van der Waals surface area contributed by atoms with Crippen LogP contribution in [0.5, 0.6) is 23.0 Å². The van der Waals surface area contributed by atoms with Crippen LogP contribution in [0.25, 0.3) is 0 Å². The molecule has 0 bridgehead atoms. The Morgan fingerprint density at radius 1 is 0.852 bits per heavy atom. The Labute approximate surface area is 162 Å². The van der Waals surface area contributed by atoms with E-state index in [-0.39, 0.29) is 5.91 Å². The first-order chi connectivity index (χ1) is 13.1. The predicted octanol–water partition coefficient (Wildman–Crippen LogP) is 5.40. The van der Waals surface area contributed by atoms with Crippen LogP contribution < -0.4 is 19.5 Å². The van der Waals surface area contributed by atoms with E-state index >= 15 is 0 Å². The van der Waals surface area contributed by atoms with Crippen LogP contribution in [-0.2, 0) is 0 Å². The third-order valence-electron chi connectivity index (χ3n) is 3.80. The fraction of sp³-hybridized carbons (Fsp3) is 0.0952. The van der Waals surface area contributed by atoms with Gasteiger partial charge >= 0.3 is 0 Å². The van der Waals surface area contributed by atoms with E-state index in [0.717, 1.165) is 0 Å². The van der Waals surface area contributed by atoms with Crippen LogP contribution in [0, 0.1) is 0 Å². The Morgan fingerprint density at radius 3 is 2.26 bits per heavy atom. The Bertz CT molecular complexity index is 944. The monoisotopic (exact) mass is 383 g/mol. The second-order valence-electron chi connectivity index (χ2n) is 5.58. The number of carbonyl (C=O) groups is 1. The maximum absolute atomic E-state index is 12.7. The molecule has 0 aliphatic carbocycles. The molecule has 3 rings (SSSR count). The quantitative estimate of drug-likeness (QED) is 0.619. The number of para-hydroxylation sites is 1. The van der Waals surface area contributed by atoms with E-state index in [1.807, 2.05) is 30.3 Å². The normalized spacial score (nSPS) is 10.2. The highest BCUT2D eigenvalue weighted by Gasteiger charge is 2.14. The van der Waals surface area contributed by atoms with Gasteiger partial charge in [0.1, 0.15) is 23.0 Å². The van der Waals surface area contributed by atoms with Crippen LogP contribution in [0.15, 0.2) is 66.7 Å². The second-order valence-corrected chi connectivity index (χ2v) is 5.99. The lowest BCUT2D eigenvalue weighted by Crippen LogP contribution is -2.12. The molecule has 5 nitrogen and oxygen atoms in total. The van der Waals surface area contributed by atoms with Crippen molar-refractivity contribution >= 4 is 23.2 Å². The molecule has 3 aromatic carbocycles. The van der Waals surface area contributed by atoms with E-state index < -0.39 is 0 Å². The molecule has 0 radical (unpaired) electrons. The number of rotatable bonds is 6. The molecule has 0 heterocycles. The predicted molar refractivity (Wildman–Crippen MR) is 105 cm³/mol. The molecular weight excluding hydrogens is 366 g/mol. The van der Waals surface area contributed by atoms with Gasteiger partial charge in [-0.05, 0) is 36.4 Å². The molecule has 3 aromatic rings. The summed E-state index contributed by atoms with van der Waals surface area (Å²) in [4.78, 5) is 12.7. The molecule has 1 amide bonds. The Balaban J connectivity index is 1.81. The zero-order valence-corrected chi connectivity index (χ0v) is 15.6. The number of hydrogen-bond acceptors (Lipinski definition) is 4. The first-order valence-electron chi connectivity index (χ1n) is 8.16. The summed E-state index contributed by atoms with van der Waals surface area (Å²) in [5.41, 5.74) is 0.889. The fourth-order valence-corrected chi connectivity index (χ4v) is 2.72. The zero-order valence-electron chi connectivity index (χ0n) is 14.9. The third kappa shape index (κ3) is 4.51. The van der Waals surface area contributed by atoms with Gasteiger partial charge < -0.3 is 19.5 Å². The summed E-state index contributed by atoms with van der Waals surface area (Å²) in [5.74, 6) is 1.85. The van der Waals surface area contributed by atoms with Crippen molar-refractivity contribution in [3.05, 3.63) is 77.3 Å². The van der Waals surface area contributed by atoms with Crippen LogP contribution in [0.2, 0.25) is 5.02 Å². The summed E-state index contributed by atoms with van der Waals surface area (Å²) >= 11 is 6.15. The van der Waals surface area contributed by atoms with Crippen LogP contribution in [-0.4, -0.2) is 20.1 Å². The summed E-state index contributed by atoms with van der Waals surface area (Å²) in [5, 5.41) is 3.17. The molecule has 0 aliphatic heterocycles. The molecule has 1 N–H and O–H groups in total. The summed E-state index contributed by atoms with van der Waals surface area (Å²) in [6.07, 6.45) is 0. The minimum atomic E-state index is -0.312. The Kier molecular flexibility index (Phi) is 5.84. The maximum atomic E-state index is 12.7. The number of hydrogen-bond donors (Lipinski definition) is 1. The molecule has 0 spiro atoms. The van der Waals surface area contributed by atoms with E-state index in [1.54, 1.807) is 36.4 Å². The minimum absolute atomic E-state index is 0.312. The largest absolute Gasteiger partial charge is 0.495 e. The average molecular weight is 384 g/mol. The molecule has 0 saturated heterocycles. The van der Waals surface area contributed by atoms with Crippen molar-refractivity contribution in [2.45, 2.75) is 0 Å². The number of halogens is 1. The smallest absolute Gasteiger partial charge is 0.255 e. The lowest BCUT2D eigenvalue weighted by Gasteiger charge is -2.13. The van der Waals surface area contributed by atoms with Gasteiger partial charge in [0, 0.05) is 11.6 Å². The zero-order chi connectivity index (χ0) is 19.2. The van der Waals surface area contributed by atoms with Crippen molar-refractivity contribution in [2.24, 2.45) is 0 Å². The average Bonchev–Trinajstić information content (AvgIpc) is 2.69. The van der Waals surface area contributed by atoms with Crippen molar-refractivity contribution in [2.75, 3.05) is 19.5 Å². The van der Waals surface area contributed by atoms with E-state index in [2.05, 4.69) is 5.32 Å². The fourth-order valence-electron chi connectivity index (χ4n) is 2.48. The van der Waals surface area contributed by atoms with E-state index in [0.29, 0.717) is 39.3 Å². The summed E-state index contributed by atoms with van der Waals surface area (Å²) in [6, 6.07) is 19.5. The molecule has 0 saturated carbocycles. The van der Waals surface area contributed by atoms with E-state index in [4.69, 9.17) is 25.8 Å². The van der Waals surface area contributed by atoms with Crippen LogP contribution in [0.3, 0.4) is 0 Å². The molecule has 0 unspecified atom stereocenters. The van der Waals surface area contributed by atoms with Gasteiger partial charge in [0.25, 0.3) is 5.91 Å². The minimum Gasteiger partial charge on any atom is -0.495 e. The lowest BCUT2D eigenvalue weighted by molar-refractivity contribution is 0.102. The third-order valence-corrected chi connectivity index (χ3v) is 4.09. The van der Waals surface area contributed by atoms with Gasteiger partial charge in [-0.15, -0.1) is 0 Å². The Hall–Kier alpha value is -3.18. The first-order valence-corrected chi connectivity index (χ1v) is 8.54. The van der Waals surface area contributed by atoms with Gasteiger partial charge in [0.05, 0.1) is 24.9 Å². The summed E-state index contributed by atoms with van der Waals surface area (Å²) in [7, 11) is 3.02. The SMILES string of the molecule is COc1cc(OC)c(NC(=O)c2cccc(Oc3ccccc3)c2)cc1Cl. The number of nitrogens with one attached hydrogen (secondary N) is 1. The number of carbonyl (C=O) groups excluding carboxylic acids is 1. The number of anilines is 1. The van der Waals surface area contributed by atoms with Crippen molar-refractivity contribution in [3.63, 3.8) is 0 Å². The van der Waals surface area contributed by atoms with E-state index in [1.165, 1.54) is 14.2 Å². The van der Waals surface area contributed by atoms with Crippen LogP contribution in [0.1, 0.15) is 10.4 Å². The van der Waals surface area contributed by atoms with Crippen LogP contribution in [0.4, 0.5) is 5.69 Å². The standard InChI is InChI=1S/C21H18ClNO4/c1-25-19-13-20(26-2)18(12-17(19)22)23-21(24)14-7-6-10-16(11-14)27-15-8-4-3-5-9-15/h3-13H,1-2H3,(H,23,24). The van der Waals surface area contributed by atoms with Gasteiger partial charge in [-0.1, -0.05) is 35.9 Å². The van der Waals surface area contributed by atoms with Gasteiger partial charge in [0.15, 0.2) is 0 Å². The molecule has 0 aromatic heterocycles. The molecule has 0 atom stereocenters. The van der Waals surface area contributed by atoms with Crippen molar-refractivity contribution in [3.8, 4) is 23.0 Å². The summed E-state index contributed by atoms with van der Waals surface area (Å²) < 4.78 is 16.2. The first kappa shape index (κ1) is 18.6. The highest BCUT2D eigenvalue weighted by molar-refractivity contribution is 6.32. The number of benzene rings is 3. The molecule has 138 valence electrons. The number of methoxy groups -OCH3 is 2. The highest BCUT2D eigenvalue weighted by Crippen LogP contribution is 2.36. The molecule has 0 aliphatic rings. The van der Waals surface area contributed by atoms with Gasteiger partial charge in [-0.3, -0.25) is 4.79 Å². The van der Waals surface area contributed by atoms with Gasteiger partial charge in [-0.2, -0.15) is 0 Å². The topological polar surface area (TPSA) is 56.8 Å². The highest BCUT2D eigenvalue weighted by atomic mass is 35.5. The van der Waals surface area contributed by atoms with Gasteiger partial charge in [-0.25, -0.2) is 0 Å². The molecular formula is C21H18ClNO4. The second kappa shape index (κ2) is 8.47. The number of ether oxygens (including phenoxy) is 3. The Morgan fingerprint density at radius 2 is 1.56 bits per heavy atom.